The molecule has 3 aromatic rings. The number of benzene rings is 3. The summed E-state index contributed by atoms with van der Waals surface area (Å²) in [4.78, 5) is 0. The first-order valence-electron chi connectivity index (χ1n) is 6.47. The van der Waals surface area contributed by atoms with E-state index in [4.69, 9.17) is 0 Å². The van der Waals surface area contributed by atoms with Crippen molar-refractivity contribution in [3.63, 3.8) is 0 Å². The van der Waals surface area contributed by atoms with Gasteiger partial charge in [-0.15, -0.1) is 13.2 Å². The van der Waals surface area contributed by atoms with E-state index >= 15 is 0 Å². The molecule has 0 aliphatic heterocycles. The van der Waals surface area contributed by atoms with Gasteiger partial charge in [0.05, 0.1) is 0 Å². The second kappa shape index (κ2) is 5.65. The summed E-state index contributed by atoms with van der Waals surface area (Å²) in [6, 6.07) is 17.4. The molecule has 3 aromatic carbocycles. The maximum absolute atomic E-state index is 12.5. The summed E-state index contributed by atoms with van der Waals surface area (Å²) in [5.41, 5.74) is 1.08. The third kappa shape index (κ3) is 3.25. The maximum Gasteiger partial charge on any atom is 0.573 e. The highest BCUT2D eigenvalue weighted by molar-refractivity contribution is 9.10. The first-order valence-corrected chi connectivity index (χ1v) is 7.26. The zero-order valence-electron chi connectivity index (χ0n) is 11.2. The summed E-state index contributed by atoms with van der Waals surface area (Å²) in [6.45, 7) is 0. The van der Waals surface area contributed by atoms with Crippen molar-refractivity contribution in [2.24, 2.45) is 0 Å². The van der Waals surface area contributed by atoms with Gasteiger partial charge in [0.25, 0.3) is 0 Å². The van der Waals surface area contributed by atoms with Gasteiger partial charge >= 0.3 is 6.36 Å². The number of hydrogen-bond acceptors (Lipinski definition) is 1. The van der Waals surface area contributed by atoms with E-state index < -0.39 is 6.36 Å². The molecule has 0 saturated carbocycles. The molecule has 0 fully saturated rings. The Morgan fingerprint density at radius 3 is 2.32 bits per heavy atom. The molecular weight excluding hydrogens is 357 g/mol. The topological polar surface area (TPSA) is 9.23 Å². The van der Waals surface area contributed by atoms with Crippen LogP contribution in [0.25, 0.3) is 21.9 Å². The SMILES string of the molecule is FC(F)(F)Oc1ccccc1-c1ccc2ccc(Br)cc2c1. The van der Waals surface area contributed by atoms with E-state index in [1.165, 1.54) is 12.1 Å². The second-order valence-electron chi connectivity index (χ2n) is 4.75. The van der Waals surface area contributed by atoms with Gasteiger partial charge in [0.1, 0.15) is 5.75 Å². The number of rotatable bonds is 2. The van der Waals surface area contributed by atoms with Crippen LogP contribution in [0.15, 0.2) is 65.1 Å². The average Bonchev–Trinajstić information content (AvgIpc) is 2.45. The lowest BCUT2D eigenvalue weighted by Gasteiger charge is -2.13. The lowest BCUT2D eigenvalue weighted by Crippen LogP contribution is -2.17. The van der Waals surface area contributed by atoms with Crippen LogP contribution in [0.1, 0.15) is 0 Å². The summed E-state index contributed by atoms with van der Waals surface area (Å²) >= 11 is 3.39. The Balaban J connectivity index is 2.11. The van der Waals surface area contributed by atoms with E-state index in [0.717, 1.165) is 15.2 Å². The highest BCUT2D eigenvalue weighted by atomic mass is 79.9. The molecule has 0 amide bonds. The molecule has 0 unspecified atom stereocenters. The highest BCUT2D eigenvalue weighted by Gasteiger charge is 2.32. The van der Waals surface area contributed by atoms with Crippen molar-refractivity contribution >= 4 is 26.7 Å². The average molecular weight is 367 g/mol. The van der Waals surface area contributed by atoms with Crippen LogP contribution >= 0.6 is 15.9 Å². The number of alkyl halides is 3. The fourth-order valence-electron chi connectivity index (χ4n) is 2.30. The standard InChI is InChI=1S/C17H10BrF3O/c18-14-8-7-11-5-6-12(9-13(11)10-14)15-3-1-2-4-16(15)22-17(19,20)21/h1-10H. The van der Waals surface area contributed by atoms with Crippen LogP contribution in [0.5, 0.6) is 5.75 Å². The first kappa shape index (κ1) is 14.9. The lowest BCUT2D eigenvalue weighted by atomic mass is 10.0. The molecule has 0 saturated heterocycles. The van der Waals surface area contributed by atoms with Crippen LogP contribution in [0.4, 0.5) is 13.2 Å². The predicted octanol–water partition coefficient (Wildman–Crippen LogP) is 6.17. The quantitative estimate of drug-likeness (QED) is 0.527. The molecule has 5 heteroatoms. The number of para-hydroxylation sites is 1. The highest BCUT2D eigenvalue weighted by Crippen LogP contribution is 2.35. The Labute approximate surface area is 133 Å². The molecule has 22 heavy (non-hydrogen) atoms. The van der Waals surface area contributed by atoms with E-state index in [0.29, 0.717) is 11.1 Å². The van der Waals surface area contributed by atoms with Gasteiger partial charge in [0, 0.05) is 10.0 Å². The van der Waals surface area contributed by atoms with Crippen molar-refractivity contribution in [2.45, 2.75) is 6.36 Å². The minimum Gasteiger partial charge on any atom is -0.405 e. The number of ether oxygens (including phenoxy) is 1. The normalized spacial score (nSPS) is 11.6. The molecule has 112 valence electrons. The minimum absolute atomic E-state index is 0.204. The van der Waals surface area contributed by atoms with Crippen LogP contribution in [-0.4, -0.2) is 6.36 Å². The molecule has 0 atom stereocenters. The Kier molecular flexibility index (Phi) is 3.83. The van der Waals surface area contributed by atoms with E-state index in [2.05, 4.69) is 20.7 Å². The molecule has 0 N–H and O–H groups in total. The van der Waals surface area contributed by atoms with Crippen LogP contribution in [0.3, 0.4) is 0 Å². The van der Waals surface area contributed by atoms with E-state index in [9.17, 15) is 13.2 Å². The molecule has 1 nitrogen and oxygen atoms in total. The van der Waals surface area contributed by atoms with E-state index in [1.807, 2.05) is 30.3 Å². The first-order chi connectivity index (χ1) is 10.4. The summed E-state index contributed by atoms with van der Waals surface area (Å²) in [7, 11) is 0. The third-order valence-corrected chi connectivity index (χ3v) is 3.72. The van der Waals surface area contributed by atoms with Gasteiger partial charge in [-0.3, -0.25) is 0 Å². The lowest BCUT2D eigenvalue weighted by molar-refractivity contribution is -0.274. The summed E-state index contributed by atoms with van der Waals surface area (Å²) in [5.74, 6) is -0.204. The molecule has 0 aromatic heterocycles. The van der Waals surface area contributed by atoms with E-state index in [1.54, 1.807) is 18.2 Å². The molecule has 0 bridgehead atoms. The van der Waals surface area contributed by atoms with E-state index in [-0.39, 0.29) is 5.75 Å². The summed E-state index contributed by atoms with van der Waals surface area (Å²) < 4.78 is 42.6. The zero-order valence-corrected chi connectivity index (χ0v) is 12.8. The third-order valence-electron chi connectivity index (χ3n) is 3.23. The summed E-state index contributed by atoms with van der Waals surface area (Å²) in [5, 5.41) is 1.95. The van der Waals surface area contributed by atoms with Gasteiger partial charge in [0.15, 0.2) is 0 Å². The number of fused-ring (bicyclic) bond motifs is 1. The van der Waals surface area contributed by atoms with Crippen LogP contribution < -0.4 is 4.74 Å². The molecule has 3 rings (SSSR count). The number of hydrogen-bond donors (Lipinski definition) is 0. The Morgan fingerprint density at radius 1 is 0.818 bits per heavy atom. The molecule has 0 radical (unpaired) electrons. The number of halogens is 4. The Bertz CT molecular complexity index is 827. The van der Waals surface area contributed by atoms with Crippen LogP contribution in [-0.2, 0) is 0 Å². The molecule has 0 aliphatic carbocycles. The molecule has 0 aliphatic rings. The Hall–Kier alpha value is -2.01. The van der Waals surface area contributed by atoms with Gasteiger partial charge in [-0.2, -0.15) is 0 Å². The van der Waals surface area contributed by atoms with Crippen molar-refractivity contribution in [1.82, 2.24) is 0 Å². The largest absolute Gasteiger partial charge is 0.573 e. The van der Waals surface area contributed by atoms with Crippen molar-refractivity contribution in [3.05, 3.63) is 65.1 Å². The minimum atomic E-state index is -4.71. The van der Waals surface area contributed by atoms with Crippen LogP contribution in [0, 0.1) is 0 Å². The van der Waals surface area contributed by atoms with Crippen molar-refractivity contribution in [3.8, 4) is 16.9 Å². The smallest absolute Gasteiger partial charge is 0.405 e. The maximum atomic E-state index is 12.5. The van der Waals surface area contributed by atoms with Crippen molar-refractivity contribution in [2.75, 3.05) is 0 Å². The molecule has 0 heterocycles. The van der Waals surface area contributed by atoms with Crippen LogP contribution in [0.2, 0.25) is 0 Å². The monoisotopic (exact) mass is 366 g/mol. The van der Waals surface area contributed by atoms with Gasteiger partial charge in [-0.25, -0.2) is 0 Å². The zero-order chi connectivity index (χ0) is 15.7. The van der Waals surface area contributed by atoms with Gasteiger partial charge in [0.2, 0.25) is 0 Å². The van der Waals surface area contributed by atoms with Gasteiger partial charge in [-0.05, 0) is 40.6 Å². The fourth-order valence-corrected chi connectivity index (χ4v) is 2.68. The molecular formula is C17H10BrF3O. The van der Waals surface area contributed by atoms with Gasteiger partial charge in [-0.1, -0.05) is 52.3 Å². The summed E-state index contributed by atoms with van der Waals surface area (Å²) in [6.07, 6.45) is -4.71. The molecule has 0 spiro atoms. The van der Waals surface area contributed by atoms with Gasteiger partial charge < -0.3 is 4.74 Å². The second-order valence-corrected chi connectivity index (χ2v) is 5.67. The van der Waals surface area contributed by atoms with Crippen molar-refractivity contribution in [1.29, 1.82) is 0 Å². The predicted molar refractivity (Wildman–Crippen MR) is 83.8 cm³/mol. The fraction of sp³-hybridized carbons (Fsp3) is 0.0588. The van der Waals surface area contributed by atoms with Crippen molar-refractivity contribution < 1.29 is 17.9 Å². The Morgan fingerprint density at radius 2 is 1.55 bits per heavy atom.